The number of aromatic nitrogens is 2. The van der Waals surface area contributed by atoms with Gasteiger partial charge in [0.15, 0.2) is 0 Å². The molecule has 0 atom stereocenters. The number of rotatable bonds is 4. The van der Waals surface area contributed by atoms with Crippen molar-refractivity contribution in [3.63, 3.8) is 0 Å². The predicted octanol–water partition coefficient (Wildman–Crippen LogP) is 2.32. The van der Waals surface area contributed by atoms with Gasteiger partial charge in [0.1, 0.15) is 0 Å². The summed E-state index contributed by atoms with van der Waals surface area (Å²) in [5.41, 5.74) is 2.98. The van der Waals surface area contributed by atoms with E-state index in [4.69, 9.17) is 5.26 Å². The van der Waals surface area contributed by atoms with Gasteiger partial charge in [0, 0.05) is 25.5 Å². The van der Waals surface area contributed by atoms with Crippen LogP contribution >= 0.6 is 0 Å². The van der Waals surface area contributed by atoms with Crippen molar-refractivity contribution in [2.45, 2.75) is 13.5 Å². The molecule has 0 saturated heterocycles. The molecular formula is C14H16N4. The highest BCUT2D eigenvalue weighted by Crippen LogP contribution is 2.17. The molecule has 4 nitrogen and oxygen atoms in total. The van der Waals surface area contributed by atoms with Gasteiger partial charge in [-0.3, -0.25) is 0 Å². The van der Waals surface area contributed by atoms with Gasteiger partial charge in [-0.15, -0.1) is 0 Å². The molecule has 0 N–H and O–H groups in total. The second-order valence-corrected chi connectivity index (χ2v) is 4.17. The third-order valence-electron chi connectivity index (χ3n) is 3.01. The van der Waals surface area contributed by atoms with Crippen molar-refractivity contribution >= 4 is 5.69 Å². The molecule has 0 unspecified atom stereocenters. The first-order valence-corrected chi connectivity index (χ1v) is 5.95. The number of aryl methyl sites for hydroxylation is 1. The summed E-state index contributed by atoms with van der Waals surface area (Å²) in [4.78, 5) is 6.37. The number of hydrogen-bond acceptors (Lipinski definition) is 3. The molecule has 4 heteroatoms. The second-order valence-electron chi connectivity index (χ2n) is 4.17. The fourth-order valence-electron chi connectivity index (χ4n) is 1.86. The topological polar surface area (TPSA) is 44.9 Å². The van der Waals surface area contributed by atoms with E-state index in [1.54, 1.807) is 0 Å². The average Bonchev–Trinajstić information content (AvgIpc) is 2.81. The summed E-state index contributed by atoms with van der Waals surface area (Å²) in [7, 11) is 1.99. The normalized spacial score (nSPS) is 10.1. The summed E-state index contributed by atoms with van der Waals surface area (Å²) in [5.74, 6) is 0. The van der Waals surface area contributed by atoms with Crippen molar-refractivity contribution in [2.24, 2.45) is 7.05 Å². The molecular weight excluding hydrogens is 224 g/mol. The number of benzene rings is 1. The lowest BCUT2D eigenvalue weighted by Gasteiger charge is -2.23. The molecule has 92 valence electrons. The molecule has 0 amide bonds. The van der Waals surface area contributed by atoms with Crippen molar-refractivity contribution < 1.29 is 0 Å². The largest absolute Gasteiger partial charge is 0.366 e. The van der Waals surface area contributed by atoms with Crippen LogP contribution in [0.15, 0.2) is 36.8 Å². The van der Waals surface area contributed by atoms with E-state index in [1.807, 2.05) is 48.4 Å². The Morgan fingerprint density at radius 1 is 1.33 bits per heavy atom. The Kier molecular flexibility index (Phi) is 3.63. The Hall–Kier alpha value is -2.28. The molecule has 0 fully saturated rings. The Morgan fingerprint density at radius 2 is 2.06 bits per heavy atom. The van der Waals surface area contributed by atoms with Crippen molar-refractivity contribution in [1.82, 2.24) is 9.55 Å². The molecule has 0 radical (unpaired) electrons. The molecule has 1 aromatic heterocycles. The van der Waals surface area contributed by atoms with Crippen molar-refractivity contribution in [3.05, 3.63) is 48.0 Å². The fourth-order valence-corrected chi connectivity index (χ4v) is 1.86. The average molecular weight is 240 g/mol. The van der Waals surface area contributed by atoms with E-state index < -0.39 is 0 Å². The van der Waals surface area contributed by atoms with Crippen molar-refractivity contribution in [1.29, 1.82) is 5.26 Å². The van der Waals surface area contributed by atoms with Gasteiger partial charge >= 0.3 is 0 Å². The molecule has 1 heterocycles. The maximum absolute atomic E-state index is 8.79. The lowest BCUT2D eigenvalue weighted by atomic mass is 10.2. The first-order chi connectivity index (χ1) is 8.74. The van der Waals surface area contributed by atoms with Gasteiger partial charge in [0.2, 0.25) is 0 Å². The van der Waals surface area contributed by atoms with E-state index in [2.05, 4.69) is 22.9 Å². The van der Waals surface area contributed by atoms with Gasteiger partial charge in [0.05, 0.1) is 30.2 Å². The van der Waals surface area contributed by atoms with Gasteiger partial charge < -0.3 is 9.47 Å². The minimum absolute atomic E-state index is 0.690. The van der Waals surface area contributed by atoms with Crippen LogP contribution in [-0.2, 0) is 13.6 Å². The van der Waals surface area contributed by atoms with E-state index in [9.17, 15) is 0 Å². The van der Waals surface area contributed by atoms with Crippen LogP contribution in [0.5, 0.6) is 0 Å². The standard InChI is InChI=1S/C14H16N4/c1-3-18(10-14-9-16-11-17(14)2)13-6-4-12(8-15)5-7-13/h4-7,9,11H,3,10H2,1-2H3. The maximum atomic E-state index is 8.79. The van der Waals surface area contributed by atoms with Crippen LogP contribution in [0.4, 0.5) is 5.69 Å². The van der Waals surface area contributed by atoms with Crippen LogP contribution in [0.25, 0.3) is 0 Å². The minimum atomic E-state index is 0.690. The fraction of sp³-hybridized carbons (Fsp3) is 0.286. The maximum Gasteiger partial charge on any atom is 0.0991 e. The molecule has 0 aliphatic heterocycles. The van der Waals surface area contributed by atoms with E-state index in [1.165, 1.54) is 5.69 Å². The van der Waals surface area contributed by atoms with Crippen LogP contribution in [-0.4, -0.2) is 16.1 Å². The summed E-state index contributed by atoms with van der Waals surface area (Å²) < 4.78 is 2.02. The second kappa shape index (κ2) is 5.37. The van der Waals surface area contributed by atoms with Crippen LogP contribution in [0.1, 0.15) is 18.2 Å². The van der Waals surface area contributed by atoms with Gasteiger partial charge in [0.25, 0.3) is 0 Å². The summed E-state index contributed by atoms with van der Waals surface area (Å²) >= 11 is 0. The molecule has 2 rings (SSSR count). The first kappa shape index (κ1) is 12.2. The highest BCUT2D eigenvalue weighted by molar-refractivity contribution is 5.49. The van der Waals surface area contributed by atoms with Crippen molar-refractivity contribution in [2.75, 3.05) is 11.4 Å². The van der Waals surface area contributed by atoms with E-state index in [-0.39, 0.29) is 0 Å². The molecule has 0 saturated carbocycles. The Bertz CT molecular complexity index is 548. The van der Waals surface area contributed by atoms with Crippen LogP contribution < -0.4 is 4.90 Å². The first-order valence-electron chi connectivity index (χ1n) is 5.95. The molecule has 0 aliphatic rings. The highest BCUT2D eigenvalue weighted by Gasteiger charge is 2.07. The van der Waals surface area contributed by atoms with Crippen molar-refractivity contribution in [3.8, 4) is 6.07 Å². The smallest absolute Gasteiger partial charge is 0.0991 e. The number of nitriles is 1. The molecule has 0 aliphatic carbocycles. The SMILES string of the molecule is CCN(Cc1cncn1C)c1ccc(C#N)cc1. The third kappa shape index (κ3) is 2.51. The molecule has 2 aromatic rings. The summed E-state index contributed by atoms with van der Waals surface area (Å²) in [5, 5.41) is 8.79. The van der Waals surface area contributed by atoms with Gasteiger partial charge in [-0.05, 0) is 31.2 Å². The molecule has 1 aromatic carbocycles. The summed E-state index contributed by atoms with van der Waals surface area (Å²) in [6.45, 7) is 3.85. The number of nitrogens with zero attached hydrogens (tertiary/aromatic N) is 4. The third-order valence-corrected chi connectivity index (χ3v) is 3.01. The molecule has 0 bridgehead atoms. The zero-order valence-electron chi connectivity index (χ0n) is 10.7. The van der Waals surface area contributed by atoms with Crippen LogP contribution in [0.2, 0.25) is 0 Å². The van der Waals surface area contributed by atoms with Crippen LogP contribution in [0.3, 0.4) is 0 Å². The lowest BCUT2D eigenvalue weighted by Crippen LogP contribution is -2.23. The summed E-state index contributed by atoms with van der Waals surface area (Å²) in [6, 6.07) is 9.80. The van der Waals surface area contributed by atoms with E-state index in [0.29, 0.717) is 5.56 Å². The Labute approximate surface area is 107 Å². The summed E-state index contributed by atoms with van der Waals surface area (Å²) in [6.07, 6.45) is 3.69. The zero-order chi connectivity index (χ0) is 13.0. The highest BCUT2D eigenvalue weighted by atomic mass is 15.2. The minimum Gasteiger partial charge on any atom is -0.366 e. The Balaban J connectivity index is 2.18. The quantitative estimate of drug-likeness (QED) is 0.823. The Morgan fingerprint density at radius 3 is 2.56 bits per heavy atom. The number of imidazole rings is 1. The molecule has 0 spiro atoms. The molecule has 18 heavy (non-hydrogen) atoms. The predicted molar refractivity (Wildman–Crippen MR) is 71.1 cm³/mol. The van der Waals surface area contributed by atoms with Gasteiger partial charge in [-0.2, -0.15) is 5.26 Å². The number of anilines is 1. The number of hydrogen-bond donors (Lipinski definition) is 0. The van der Waals surface area contributed by atoms with E-state index >= 15 is 0 Å². The van der Waals surface area contributed by atoms with Gasteiger partial charge in [-0.1, -0.05) is 0 Å². The monoisotopic (exact) mass is 240 g/mol. The van der Waals surface area contributed by atoms with E-state index in [0.717, 1.165) is 18.8 Å². The zero-order valence-corrected chi connectivity index (χ0v) is 10.7. The van der Waals surface area contributed by atoms with Gasteiger partial charge in [-0.25, -0.2) is 4.98 Å². The van der Waals surface area contributed by atoms with Crippen LogP contribution in [0, 0.1) is 11.3 Å². The lowest BCUT2D eigenvalue weighted by molar-refractivity contribution is 0.753.